The van der Waals surface area contributed by atoms with Crippen molar-refractivity contribution in [3.8, 4) is 0 Å². The van der Waals surface area contributed by atoms with Crippen molar-refractivity contribution < 1.29 is 4.74 Å². The van der Waals surface area contributed by atoms with Crippen LogP contribution in [-0.4, -0.2) is 12.4 Å². The van der Waals surface area contributed by atoms with Crippen LogP contribution in [0.4, 0.5) is 0 Å². The van der Waals surface area contributed by atoms with E-state index >= 15 is 0 Å². The fourth-order valence-electron chi connectivity index (χ4n) is 1.81. The molecule has 2 rings (SSSR count). The molecule has 2 aromatic carbocycles. The molecule has 0 atom stereocenters. The third-order valence-electron chi connectivity index (χ3n) is 2.58. The van der Waals surface area contributed by atoms with Gasteiger partial charge in [-0.25, -0.2) is 0 Å². The van der Waals surface area contributed by atoms with Crippen molar-refractivity contribution in [1.29, 1.82) is 0 Å². The molecule has 0 bridgehead atoms. The second-order valence-electron chi connectivity index (χ2n) is 3.80. The van der Waals surface area contributed by atoms with Crippen LogP contribution < -0.4 is 0 Å². The molecular weight excluding hydrogens is 228 g/mol. The predicted molar refractivity (Wildman–Crippen MR) is 74.5 cm³/mol. The van der Waals surface area contributed by atoms with Gasteiger partial charge in [0.25, 0.3) is 0 Å². The van der Waals surface area contributed by atoms with Gasteiger partial charge >= 0.3 is 0 Å². The summed E-state index contributed by atoms with van der Waals surface area (Å²) >= 11 is 4.20. The average Bonchev–Trinajstić information content (AvgIpc) is 2.42. The molecule has 0 N–H and O–H groups in total. The SMILES string of the molecule is SCCOC(c1ccccc1)c1ccccc1. The normalized spacial score (nSPS) is 10.7. The first-order chi connectivity index (χ1) is 8.42. The smallest absolute Gasteiger partial charge is 0.108 e. The molecule has 0 aliphatic rings. The summed E-state index contributed by atoms with van der Waals surface area (Å²) in [4.78, 5) is 0. The zero-order valence-electron chi connectivity index (χ0n) is 9.62. The third kappa shape index (κ3) is 3.35. The zero-order chi connectivity index (χ0) is 11.9. The maximum atomic E-state index is 5.89. The maximum Gasteiger partial charge on any atom is 0.108 e. The Bertz CT molecular complexity index is 388. The van der Waals surface area contributed by atoms with Gasteiger partial charge in [-0.1, -0.05) is 60.7 Å². The molecule has 0 amide bonds. The Morgan fingerprint density at radius 2 is 1.29 bits per heavy atom. The zero-order valence-corrected chi connectivity index (χ0v) is 10.5. The Morgan fingerprint density at radius 1 is 0.824 bits per heavy atom. The second-order valence-corrected chi connectivity index (χ2v) is 4.24. The van der Waals surface area contributed by atoms with Crippen molar-refractivity contribution >= 4 is 12.6 Å². The summed E-state index contributed by atoms with van der Waals surface area (Å²) < 4.78 is 5.89. The van der Waals surface area contributed by atoms with Gasteiger partial charge in [0, 0.05) is 5.75 Å². The van der Waals surface area contributed by atoms with Crippen LogP contribution in [0.1, 0.15) is 17.2 Å². The highest BCUT2D eigenvalue weighted by Crippen LogP contribution is 2.25. The molecule has 2 heteroatoms. The van der Waals surface area contributed by atoms with Gasteiger partial charge in [0.15, 0.2) is 0 Å². The van der Waals surface area contributed by atoms with E-state index in [1.54, 1.807) is 0 Å². The van der Waals surface area contributed by atoms with Crippen molar-refractivity contribution in [1.82, 2.24) is 0 Å². The molecule has 0 aliphatic carbocycles. The molecule has 0 aromatic heterocycles. The fraction of sp³-hybridized carbons (Fsp3) is 0.200. The molecule has 0 spiro atoms. The molecule has 0 saturated heterocycles. The van der Waals surface area contributed by atoms with E-state index in [-0.39, 0.29) is 6.10 Å². The van der Waals surface area contributed by atoms with Crippen molar-refractivity contribution in [2.24, 2.45) is 0 Å². The molecule has 1 nitrogen and oxygen atoms in total. The van der Waals surface area contributed by atoms with Crippen LogP contribution in [-0.2, 0) is 4.74 Å². The van der Waals surface area contributed by atoms with Gasteiger partial charge in [0.1, 0.15) is 6.10 Å². The summed E-state index contributed by atoms with van der Waals surface area (Å²) in [6, 6.07) is 20.6. The van der Waals surface area contributed by atoms with Crippen molar-refractivity contribution in [2.45, 2.75) is 6.10 Å². The number of hydrogen-bond donors (Lipinski definition) is 1. The lowest BCUT2D eigenvalue weighted by Gasteiger charge is -2.18. The Kier molecular flexibility index (Phi) is 4.65. The number of rotatable bonds is 5. The first kappa shape index (κ1) is 12.2. The predicted octanol–water partition coefficient (Wildman–Crippen LogP) is 3.72. The van der Waals surface area contributed by atoms with Gasteiger partial charge in [-0.3, -0.25) is 0 Å². The van der Waals surface area contributed by atoms with E-state index in [0.717, 1.165) is 5.75 Å². The molecule has 0 heterocycles. The molecule has 0 aliphatic heterocycles. The minimum atomic E-state index is 0.00421. The second kappa shape index (κ2) is 6.48. The van der Waals surface area contributed by atoms with Crippen LogP contribution in [0.2, 0.25) is 0 Å². The highest BCUT2D eigenvalue weighted by Gasteiger charge is 2.13. The third-order valence-corrected chi connectivity index (χ3v) is 2.76. The molecule has 0 unspecified atom stereocenters. The van der Waals surface area contributed by atoms with Crippen molar-refractivity contribution in [3.05, 3.63) is 71.8 Å². The lowest BCUT2D eigenvalue weighted by atomic mass is 10.0. The minimum absolute atomic E-state index is 0.00421. The molecule has 0 saturated carbocycles. The van der Waals surface area contributed by atoms with E-state index in [1.807, 2.05) is 36.4 Å². The van der Waals surface area contributed by atoms with Crippen LogP contribution >= 0.6 is 12.6 Å². The van der Waals surface area contributed by atoms with E-state index in [2.05, 4.69) is 36.9 Å². The molecule has 2 aromatic rings. The minimum Gasteiger partial charge on any atom is -0.368 e. The van der Waals surface area contributed by atoms with Gasteiger partial charge in [0.05, 0.1) is 6.61 Å². The van der Waals surface area contributed by atoms with E-state index < -0.39 is 0 Å². The Hall–Kier alpha value is -1.25. The van der Waals surface area contributed by atoms with Crippen LogP contribution in [0, 0.1) is 0 Å². The lowest BCUT2D eigenvalue weighted by molar-refractivity contribution is 0.0937. The summed E-state index contributed by atoms with van der Waals surface area (Å²) in [6.07, 6.45) is 0.00421. The van der Waals surface area contributed by atoms with Gasteiger partial charge in [-0.2, -0.15) is 12.6 Å². The van der Waals surface area contributed by atoms with Crippen LogP contribution in [0.15, 0.2) is 60.7 Å². The fourth-order valence-corrected chi connectivity index (χ4v) is 1.92. The Balaban J connectivity index is 2.26. The molecule has 17 heavy (non-hydrogen) atoms. The molecule has 0 radical (unpaired) electrons. The van der Waals surface area contributed by atoms with E-state index in [0.29, 0.717) is 6.61 Å². The Morgan fingerprint density at radius 3 is 1.71 bits per heavy atom. The van der Waals surface area contributed by atoms with E-state index in [9.17, 15) is 0 Å². The molecule has 0 fully saturated rings. The monoisotopic (exact) mass is 244 g/mol. The number of ether oxygens (including phenoxy) is 1. The topological polar surface area (TPSA) is 9.23 Å². The average molecular weight is 244 g/mol. The lowest BCUT2D eigenvalue weighted by Crippen LogP contribution is -2.08. The quantitative estimate of drug-likeness (QED) is 0.789. The standard InChI is InChI=1S/C15H16OS/c17-12-11-16-15(13-7-3-1-4-8-13)14-9-5-2-6-10-14/h1-10,15,17H,11-12H2. The van der Waals surface area contributed by atoms with Gasteiger partial charge < -0.3 is 4.74 Å². The summed E-state index contributed by atoms with van der Waals surface area (Å²) in [7, 11) is 0. The van der Waals surface area contributed by atoms with E-state index in [1.165, 1.54) is 11.1 Å². The Labute approximate surface area is 108 Å². The highest BCUT2D eigenvalue weighted by molar-refractivity contribution is 7.80. The number of hydrogen-bond acceptors (Lipinski definition) is 2. The highest BCUT2D eigenvalue weighted by atomic mass is 32.1. The van der Waals surface area contributed by atoms with Crippen LogP contribution in [0.5, 0.6) is 0 Å². The first-order valence-electron chi connectivity index (χ1n) is 5.74. The summed E-state index contributed by atoms with van der Waals surface area (Å²) in [5.74, 6) is 0.732. The summed E-state index contributed by atoms with van der Waals surface area (Å²) in [5.41, 5.74) is 2.36. The molecule has 88 valence electrons. The largest absolute Gasteiger partial charge is 0.368 e. The van der Waals surface area contributed by atoms with Gasteiger partial charge in [0.2, 0.25) is 0 Å². The maximum absolute atomic E-state index is 5.89. The van der Waals surface area contributed by atoms with Gasteiger partial charge in [-0.05, 0) is 11.1 Å². The summed E-state index contributed by atoms with van der Waals surface area (Å²) in [6.45, 7) is 0.650. The summed E-state index contributed by atoms with van der Waals surface area (Å²) in [5, 5.41) is 0. The number of thiol groups is 1. The van der Waals surface area contributed by atoms with Crippen LogP contribution in [0.25, 0.3) is 0 Å². The first-order valence-corrected chi connectivity index (χ1v) is 6.37. The van der Waals surface area contributed by atoms with Crippen LogP contribution in [0.3, 0.4) is 0 Å². The van der Waals surface area contributed by atoms with Crippen molar-refractivity contribution in [3.63, 3.8) is 0 Å². The number of benzene rings is 2. The van der Waals surface area contributed by atoms with Gasteiger partial charge in [-0.15, -0.1) is 0 Å². The van der Waals surface area contributed by atoms with E-state index in [4.69, 9.17) is 4.74 Å². The molecular formula is C15H16OS. The van der Waals surface area contributed by atoms with Crippen molar-refractivity contribution in [2.75, 3.05) is 12.4 Å².